The molecule has 0 unspecified atom stereocenters. The summed E-state index contributed by atoms with van der Waals surface area (Å²) in [6, 6.07) is 3.62. The molecule has 0 bridgehead atoms. The number of carbonyl (C=O) groups excluding carboxylic acids is 1. The van der Waals surface area contributed by atoms with Gasteiger partial charge in [0.1, 0.15) is 15.8 Å². The number of anilines is 1. The molecular formula is C18H18N4O3S2. The number of carbonyl (C=O) groups is 1. The number of rotatable bonds is 6. The Morgan fingerprint density at radius 1 is 1.44 bits per heavy atom. The Kier molecular flexibility index (Phi) is 5.73. The van der Waals surface area contributed by atoms with Crippen LogP contribution in [0.1, 0.15) is 11.1 Å². The summed E-state index contributed by atoms with van der Waals surface area (Å²) in [5.74, 6) is 0.0455. The molecule has 0 radical (unpaired) electrons. The average Bonchev–Trinajstić information content (AvgIpc) is 2.91. The van der Waals surface area contributed by atoms with Crippen LogP contribution in [0.25, 0.3) is 11.7 Å². The van der Waals surface area contributed by atoms with E-state index in [0.29, 0.717) is 27.2 Å². The van der Waals surface area contributed by atoms with Crippen LogP contribution < -0.4 is 10.9 Å². The molecule has 2 aromatic heterocycles. The van der Waals surface area contributed by atoms with Crippen LogP contribution >= 0.6 is 24.0 Å². The van der Waals surface area contributed by atoms with Gasteiger partial charge in [0, 0.05) is 19.3 Å². The Labute approximate surface area is 165 Å². The van der Waals surface area contributed by atoms with E-state index in [1.807, 2.05) is 13.0 Å². The van der Waals surface area contributed by atoms with Gasteiger partial charge in [-0.05, 0) is 24.6 Å². The van der Waals surface area contributed by atoms with Crippen molar-refractivity contribution in [1.29, 1.82) is 0 Å². The van der Waals surface area contributed by atoms with Gasteiger partial charge < -0.3 is 10.4 Å². The molecule has 1 saturated heterocycles. The molecule has 3 rings (SSSR count). The fraction of sp³-hybridized carbons (Fsp3) is 0.222. The van der Waals surface area contributed by atoms with Gasteiger partial charge in [-0.1, -0.05) is 36.1 Å². The molecule has 2 aromatic rings. The minimum atomic E-state index is -0.307. The Morgan fingerprint density at radius 3 is 2.93 bits per heavy atom. The maximum Gasteiger partial charge on any atom is 0.267 e. The number of thioether (sulfide) groups is 1. The predicted molar refractivity (Wildman–Crippen MR) is 112 cm³/mol. The van der Waals surface area contributed by atoms with Crippen LogP contribution in [0.4, 0.5) is 5.82 Å². The first-order valence-corrected chi connectivity index (χ1v) is 9.43. The SMILES string of the molecule is C=CCN1C(=O)/C(=C/c2c(NCCO)nc3c(C)cccn3c2=O)SC1=S. The smallest absolute Gasteiger partial charge is 0.267 e. The van der Waals surface area contributed by atoms with Gasteiger partial charge >= 0.3 is 0 Å². The Hall–Kier alpha value is -2.49. The minimum absolute atomic E-state index is 0.115. The van der Waals surface area contributed by atoms with Gasteiger partial charge in [-0.25, -0.2) is 4.98 Å². The van der Waals surface area contributed by atoms with Gasteiger partial charge in [0.2, 0.25) is 0 Å². The highest BCUT2D eigenvalue weighted by Gasteiger charge is 2.31. The Balaban J connectivity index is 2.17. The number of pyridine rings is 1. The van der Waals surface area contributed by atoms with Crippen LogP contribution in [0.5, 0.6) is 0 Å². The van der Waals surface area contributed by atoms with E-state index in [2.05, 4.69) is 16.9 Å². The van der Waals surface area contributed by atoms with Crippen LogP contribution in [0, 0.1) is 6.92 Å². The summed E-state index contributed by atoms with van der Waals surface area (Å²) < 4.78 is 1.86. The van der Waals surface area contributed by atoms with Crippen molar-refractivity contribution < 1.29 is 9.90 Å². The molecule has 27 heavy (non-hydrogen) atoms. The van der Waals surface area contributed by atoms with E-state index in [4.69, 9.17) is 17.3 Å². The van der Waals surface area contributed by atoms with E-state index in [0.717, 1.165) is 17.3 Å². The molecule has 0 aromatic carbocycles. The number of aliphatic hydroxyl groups is 1. The number of hydrogen-bond donors (Lipinski definition) is 2. The van der Waals surface area contributed by atoms with Crippen molar-refractivity contribution in [2.24, 2.45) is 0 Å². The largest absolute Gasteiger partial charge is 0.395 e. The quantitative estimate of drug-likeness (QED) is 0.433. The standard InChI is InChI=1S/C18H18N4O3S2/c1-3-7-22-17(25)13(27-18(22)26)10-12-14(19-6-9-23)20-15-11(2)5-4-8-21(15)16(12)24/h3-5,8,10,19,23H,1,6-7,9H2,2H3/b13-10-. The first-order chi connectivity index (χ1) is 13.0. The van der Waals surface area contributed by atoms with Crippen LogP contribution in [-0.2, 0) is 4.79 Å². The van der Waals surface area contributed by atoms with Crippen molar-refractivity contribution in [2.75, 3.05) is 25.0 Å². The number of thiocarbonyl (C=S) groups is 1. The zero-order valence-electron chi connectivity index (χ0n) is 14.6. The highest BCUT2D eigenvalue weighted by atomic mass is 32.2. The first-order valence-electron chi connectivity index (χ1n) is 8.21. The van der Waals surface area contributed by atoms with Crippen molar-refractivity contribution >= 4 is 51.7 Å². The average molecular weight is 403 g/mol. The van der Waals surface area contributed by atoms with Gasteiger partial charge in [-0.3, -0.25) is 18.9 Å². The monoisotopic (exact) mass is 402 g/mol. The third-order valence-electron chi connectivity index (χ3n) is 3.95. The molecule has 9 heteroatoms. The number of hydrogen-bond acceptors (Lipinski definition) is 7. The molecule has 7 nitrogen and oxygen atoms in total. The van der Waals surface area contributed by atoms with Crippen LogP contribution in [-0.4, -0.2) is 49.3 Å². The third kappa shape index (κ3) is 3.66. The number of fused-ring (bicyclic) bond motifs is 1. The number of nitrogens with one attached hydrogen (secondary N) is 1. The van der Waals surface area contributed by atoms with E-state index in [1.54, 1.807) is 18.3 Å². The van der Waals surface area contributed by atoms with E-state index in [9.17, 15) is 9.59 Å². The lowest BCUT2D eigenvalue weighted by molar-refractivity contribution is -0.121. The molecule has 3 heterocycles. The summed E-state index contributed by atoms with van der Waals surface area (Å²) in [5.41, 5.74) is 1.29. The van der Waals surface area contributed by atoms with E-state index in [1.165, 1.54) is 15.4 Å². The summed E-state index contributed by atoms with van der Waals surface area (Å²) in [6.45, 7) is 5.91. The second-order valence-electron chi connectivity index (χ2n) is 5.80. The van der Waals surface area contributed by atoms with Crippen molar-refractivity contribution in [3.05, 3.63) is 57.4 Å². The van der Waals surface area contributed by atoms with Gasteiger partial charge in [-0.15, -0.1) is 6.58 Å². The molecule has 0 saturated carbocycles. The number of aromatic nitrogens is 2. The van der Waals surface area contributed by atoms with Crippen molar-refractivity contribution in [1.82, 2.24) is 14.3 Å². The summed E-state index contributed by atoms with van der Waals surface area (Å²) in [4.78, 5) is 31.9. The number of aliphatic hydroxyl groups excluding tert-OH is 1. The van der Waals surface area contributed by atoms with Gasteiger partial charge in [-0.2, -0.15) is 0 Å². The summed E-state index contributed by atoms with van der Waals surface area (Å²) in [7, 11) is 0. The fourth-order valence-electron chi connectivity index (χ4n) is 2.67. The van der Waals surface area contributed by atoms with E-state index >= 15 is 0 Å². The van der Waals surface area contributed by atoms with Gasteiger partial charge in [0.25, 0.3) is 11.5 Å². The number of amides is 1. The topological polar surface area (TPSA) is 86.9 Å². The second-order valence-corrected chi connectivity index (χ2v) is 7.47. The third-order valence-corrected chi connectivity index (χ3v) is 5.33. The molecule has 0 atom stereocenters. The lowest BCUT2D eigenvalue weighted by Crippen LogP contribution is -2.28. The molecular weight excluding hydrogens is 384 g/mol. The molecule has 1 fully saturated rings. The van der Waals surface area contributed by atoms with Crippen molar-refractivity contribution in [3.8, 4) is 0 Å². The van der Waals surface area contributed by atoms with Crippen LogP contribution in [0.15, 0.2) is 40.7 Å². The Bertz CT molecular complexity index is 1030. The van der Waals surface area contributed by atoms with Crippen molar-refractivity contribution in [2.45, 2.75) is 6.92 Å². The zero-order valence-corrected chi connectivity index (χ0v) is 16.3. The minimum Gasteiger partial charge on any atom is -0.395 e. The predicted octanol–water partition coefficient (Wildman–Crippen LogP) is 1.79. The van der Waals surface area contributed by atoms with Crippen LogP contribution in [0.3, 0.4) is 0 Å². The summed E-state index contributed by atoms with van der Waals surface area (Å²) >= 11 is 6.37. The molecule has 140 valence electrons. The Morgan fingerprint density at radius 2 is 2.22 bits per heavy atom. The fourth-order valence-corrected chi connectivity index (χ4v) is 3.93. The summed E-state index contributed by atoms with van der Waals surface area (Å²) in [6.07, 6.45) is 4.73. The number of nitrogens with zero attached hydrogens (tertiary/aromatic N) is 3. The zero-order chi connectivity index (χ0) is 19.6. The molecule has 0 aliphatic carbocycles. The maximum atomic E-state index is 13.0. The maximum absolute atomic E-state index is 13.0. The van der Waals surface area contributed by atoms with E-state index < -0.39 is 0 Å². The molecule has 1 amide bonds. The highest BCUT2D eigenvalue weighted by molar-refractivity contribution is 8.26. The molecule has 1 aliphatic heterocycles. The van der Waals surface area contributed by atoms with Crippen LogP contribution in [0.2, 0.25) is 0 Å². The molecule has 2 N–H and O–H groups in total. The highest BCUT2D eigenvalue weighted by Crippen LogP contribution is 2.32. The molecule has 1 aliphatic rings. The van der Waals surface area contributed by atoms with Crippen molar-refractivity contribution in [3.63, 3.8) is 0 Å². The lowest BCUT2D eigenvalue weighted by Gasteiger charge is -2.12. The lowest BCUT2D eigenvalue weighted by atomic mass is 10.2. The first kappa shape index (κ1) is 19.3. The molecule has 0 spiro atoms. The van der Waals surface area contributed by atoms with Gasteiger partial charge in [0.05, 0.1) is 17.1 Å². The second kappa shape index (κ2) is 8.03. The number of aryl methyl sites for hydroxylation is 1. The van der Waals surface area contributed by atoms with Gasteiger partial charge in [0.15, 0.2) is 0 Å². The summed E-state index contributed by atoms with van der Waals surface area (Å²) in [5, 5.41) is 12.1. The normalized spacial score (nSPS) is 15.8. The van der Waals surface area contributed by atoms with E-state index in [-0.39, 0.29) is 30.2 Å².